The van der Waals surface area contributed by atoms with E-state index in [1.807, 2.05) is 0 Å². The van der Waals surface area contributed by atoms with Crippen LogP contribution in [0.3, 0.4) is 0 Å². The third kappa shape index (κ3) is 9.54. The second-order valence-corrected chi connectivity index (χ2v) is 10.7. The van der Waals surface area contributed by atoms with Crippen molar-refractivity contribution in [3.05, 3.63) is 119 Å². The molecule has 232 valence electrons. The molecule has 0 spiro atoms. The fourth-order valence-electron chi connectivity index (χ4n) is 3.95. The minimum absolute atomic E-state index is 0.00898. The summed E-state index contributed by atoms with van der Waals surface area (Å²) in [6.07, 6.45) is -5.44. The first-order valence-corrected chi connectivity index (χ1v) is 13.9. The summed E-state index contributed by atoms with van der Waals surface area (Å²) in [5, 5.41) is 4.99. The summed E-state index contributed by atoms with van der Waals surface area (Å²) >= 11 is 0.304. The van der Waals surface area contributed by atoms with Crippen LogP contribution in [0.15, 0.2) is 94.7 Å². The van der Waals surface area contributed by atoms with Gasteiger partial charge in [0.1, 0.15) is 11.6 Å². The number of benzene rings is 2. The third-order valence-corrected chi connectivity index (χ3v) is 7.12. The zero-order chi connectivity index (χ0) is 32.8. The SMILES string of the molecule is Cc1cccc(NC(=O)/C=C/c2ccc(Sc3ccc(/C=C/C(=O)Nc4cccc(C)n4)cc3C(F)(F)F)c(C(F)(F)F)c2)n1. The Morgan fingerprint density at radius 2 is 1.04 bits per heavy atom. The lowest BCUT2D eigenvalue weighted by atomic mass is 10.1. The summed E-state index contributed by atoms with van der Waals surface area (Å²) in [5.74, 6) is -0.740. The topological polar surface area (TPSA) is 84.0 Å². The summed E-state index contributed by atoms with van der Waals surface area (Å²) in [6, 6.07) is 16.0. The lowest BCUT2D eigenvalue weighted by Crippen LogP contribution is -2.10. The zero-order valence-electron chi connectivity index (χ0n) is 23.6. The van der Waals surface area contributed by atoms with Gasteiger partial charge in [0.25, 0.3) is 0 Å². The molecule has 0 radical (unpaired) electrons. The summed E-state index contributed by atoms with van der Waals surface area (Å²) in [7, 11) is 0. The maximum Gasteiger partial charge on any atom is 0.417 e. The van der Waals surface area contributed by atoms with E-state index in [1.54, 1.807) is 50.2 Å². The van der Waals surface area contributed by atoms with E-state index in [9.17, 15) is 35.9 Å². The molecule has 0 unspecified atom stereocenters. The third-order valence-electron chi connectivity index (χ3n) is 5.97. The second kappa shape index (κ2) is 13.8. The van der Waals surface area contributed by atoms with Crippen molar-refractivity contribution in [1.82, 2.24) is 9.97 Å². The number of hydrogen-bond acceptors (Lipinski definition) is 5. The van der Waals surface area contributed by atoms with Gasteiger partial charge in [-0.2, -0.15) is 26.3 Å². The van der Waals surface area contributed by atoms with Gasteiger partial charge >= 0.3 is 12.4 Å². The molecule has 2 aromatic carbocycles. The predicted octanol–water partition coefficient (Wildman–Crippen LogP) is 8.59. The molecule has 2 aromatic heterocycles. The Morgan fingerprint density at radius 3 is 1.40 bits per heavy atom. The molecule has 6 nitrogen and oxygen atoms in total. The fourth-order valence-corrected chi connectivity index (χ4v) is 5.03. The van der Waals surface area contributed by atoms with Gasteiger partial charge in [0.15, 0.2) is 0 Å². The highest BCUT2D eigenvalue weighted by Crippen LogP contribution is 2.44. The van der Waals surface area contributed by atoms with Gasteiger partial charge in [0.05, 0.1) is 11.1 Å². The molecular weight excluding hydrogens is 618 g/mol. The van der Waals surface area contributed by atoms with Crippen molar-refractivity contribution in [1.29, 1.82) is 0 Å². The van der Waals surface area contributed by atoms with E-state index >= 15 is 0 Å². The van der Waals surface area contributed by atoms with Crippen LogP contribution in [0.25, 0.3) is 12.2 Å². The van der Waals surface area contributed by atoms with E-state index in [1.165, 1.54) is 12.1 Å². The molecule has 45 heavy (non-hydrogen) atoms. The number of halogens is 6. The van der Waals surface area contributed by atoms with E-state index in [0.29, 0.717) is 23.1 Å². The van der Waals surface area contributed by atoms with Crippen LogP contribution in [0, 0.1) is 13.8 Å². The highest BCUT2D eigenvalue weighted by Gasteiger charge is 2.37. The number of pyridine rings is 2. The second-order valence-electron chi connectivity index (χ2n) is 9.58. The first-order valence-electron chi connectivity index (χ1n) is 13.1. The first-order chi connectivity index (χ1) is 21.2. The van der Waals surface area contributed by atoms with Gasteiger partial charge in [-0.05, 0) is 85.7 Å². The molecule has 13 heteroatoms. The first kappa shape index (κ1) is 33.0. The monoisotopic (exact) mass is 642 g/mol. The number of carbonyl (C=O) groups is 2. The van der Waals surface area contributed by atoms with Gasteiger partial charge < -0.3 is 10.6 Å². The highest BCUT2D eigenvalue weighted by atomic mass is 32.2. The number of hydrogen-bond donors (Lipinski definition) is 2. The number of amides is 2. The maximum atomic E-state index is 14.0. The average Bonchev–Trinajstić information content (AvgIpc) is 2.95. The lowest BCUT2D eigenvalue weighted by molar-refractivity contribution is -0.140. The molecule has 0 saturated heterocycles. The molecule has 2 amide bonds. The molecular formula is C32H24F6N4O2S. The molecule has 2 N–H and O–H groups in total. The highest BCUT2D eigenvalue weighted by molar-refractivity contribution is 7.99. The lowest BCUT2D eigenvalue weighted by Gasteiger charge is -2.17. The van der Waals surface area contributed by atoms with Gasteiger partial charge in [-0.15, -0.1) is 0 Å². The number of carbonyl (C=O) groups excluding carboxylic acids is 2. The Hall–Kier alpha value is -4.91. The minimum Gasteiger partial charge on any atom is -0.307 e. The molecule has 0 fully saturated rings. The Kier molecular flexibility index (Phi) is 10.1. The predicted molar refractivity (Wildman–Crippen MR) is 160 cm³/mol. The number of rotatable bonds is 8. The van der Waals surface area contributed by atoms with Crippen LogP contribution in [0.4, 0.5) is 38.0 Å². The van der Waals surface area contributed by atoms with Crippen LogP contribution >= 0.6 is 11.8 Å². The summed E-state index contributed by atoms with van der Waals surface area (Å²) in [4.78, 5) is 31.7. The van der Waals surface area contributed by atoms with Crippen molar-refractivity contribution in [2.24, 2.45) is 0 Å². The summed E-state index contributed by atoms with van der Waals surface area (Å²) < 4.78 is 84.1. The van der Waals surface area contributed by atoms with E-state index in [4.69, 9.17) is 0 Å². The van der Waals surface area contributed by atoms with Crippen LogP contribution in [-0.4, -0.2) is 21.8 Å². The van der Waals surface area contributed by atoms with Crippen molar-refractivity contribution < 1.29 is 35.9 Å². The summed E-state index contributed by atoms with van der Waals surface area (Å²) in [5.41, 5.74) is -1.02. The van der Waals surface area contributed by atoms with E-state index in [0.717, 1.165) is 48.6 Å². The van der Waals surface area contributed by atoms with Crippen LogP contribution in [0.1, 0.15) is 33.6 Å². The Labute approximate surface area is 258 Å². The summed E-state index contributed by atoms with van der Waals surface area (Å²) in [6.45, 7) is 3.44. The number of alkyl halides is 6. The van der Waals surface area contributed by atoms with Crippen LogP contribution in [0.5, 0.6) is 0 Å². The van der Waals surface area contributed by atoms with Crippen LogP contribution in [-0.2, 0) is 21.9 Å². The average molecular weight is 643 g/mol. The zero-order valence-corrected chi connectivity index (χ0v) is 24.4. The van der Waals surface area contributed by atoms with Gasteiger partial charge in [-0.1, -0.05) is 36.0 Å². The molecule has 4 rings (SSSR count). The van der Waals surface area contributed by atoms with E-state index in [-0.39, 0.29) is 22.8 Å². The van der Waals surface area contributed by atoms with E-state index in [2.05, 4.69) is 20.6 Å². The van der Waals surface area contributed by atoms with Gasteiger partial charge in [0, 0.05) is 33.3 Å². The van der Waals surface area contributed by atoms with Crippen molar-refractivity contribution in [2.45, 2.75) is 36.0 Å². The van der Waals surface area contributed by atoms with Crippen molar-refractivity contribution in [3.63, 3.8) is 0 Å². The van der Waals surface area contributed by atoms with Gasteiger partial charge in [0.2, 0.25) is 11.8 Å². The molecule has 0 atom stereocenters. The van der Waals surface area contributed by atoms with Crippen LogP contribution < -0.4 is 10.6 Å². The standard InChI is InChI=1S/C32H24F6N4O2S/c1-19-5-3-7-27(39-19)41-29(43)15-11-21-9-13-25(23(17-21)31(33,34)35)45-26-14-10-22(18-24(26)32(36,37)38)12-16-30(44)42-28-8-4-6-20(2)40-28/h3-18H,1-2H3,(H,39,41,43)(H,40,42,44)/b15-11+,16-12+. The maximum absolute atomic E-state index is 14.0. The fraction of sp³-hybridized carbons (Fsp3) is 0.125. The number of anilines is 2. The van der Waals surface area contributed by atoms with Gasteiger partial charge in [-0.3, -0.25) is 9.59 Å². The molecule has 2 heterocycles. The molecule has 0 aliphatic carbocycles. The number of nitrogens with one attached hydrogen (secondary N) is 2. The smallest absolute Gasteiger partial charge is 0.307 e. The molecule has 0 aliphatic heterocycles. The van der Waals surface area contributed by atoms with Gasteiger partial charge in [-0.25, -0.2) is 9.97 Å². The minimum atomic E-state index is -4.90. The number of aromatic nitrogens is 2. The Balaban J connectivity index is 1.55. The quantitative estimate of drug-likeness (QED) is 0.149. The molecule has 4 aromatic rings. The Bertz CT molecular complexity index is 1660. The molecule has 0 aliphatic rings. The van der Waals surface area contributed by atoms with Crippen molar-refractivity contribution in [2.75, 3.05) is 10.6 Å². The molecule has 0 bridgehead atoms. The number of nitrogens with zero attached hydrogens (tertiary/aromatic N) is 2. The normalized spacial score (nSPS) is 12.1. The molecule has 0 saturated carbocycles. The van der Waals surface area contributed by atoms with Crippen LogP contribution in [0.2, 0.25) is 0 Å². The van der Waals surface area contributed by atoms with Crippen molar-refractivity contribution in [3.8, 4) is 0 Å². The van der Waals surface area contributed by atoms with Crippen molar-refractivity contribution >= 4 is 47.4 Å². The largest absolute Gasteiger partial charge is 0.417 e. The number of aryl methyl sites for hydroxylation is 2. The Morgan fingerprint density at radius 1 is 0.644 bits per heavy atom. The van der Waals surface area contributed by atoms with E-state index < -0.39 is 45.1 Å².